The number of ether oxygens (including phenoxy) is 2. The van der Waals surface area contributed by atoms with Crippen LogP contribution < -0.4 is 14.8 Å². The van der Waals surface area contributed by atoms with Crippen molar-refractivity contribution in [3.63, 3.8) is 0 Å². The van der Waals surface area contributed by atoms with Gasteiger partial charge < -0.3 is 14.8 Å². The lowest BCUT2D eigenvalue weighted by atomic mass is 10.1. The molecule has 2 aromatic carbocycles. The van der Waals surface area contributed by atoms with Gasteiger partial charge in [-0.25, -0.2) is 4.39 Å². The molecule has 0 atom stereocenters. The van der Waals surface area contributed by atoms with Crippen LogP contribution in [0.1, 0.15) is 15.9 Å². The van der Waals surface area contributed by atoms with E-state index in [-0.39, 0.29) is 11.4 Å². The third-order valence-corrected chi connectivity index (χ3v) is 3.19. The third-order valence-electron chi connectivity index (χ3n) is 3.19. The van der Waals surface area contributed by atoms with Crippen LogP contribution in [0.4, 0.5) is 23.2 Å². The van der Waals surface area contributed by atoms with Crippen molar-refractivity contribution in [2.75, 3.05) is 19.5 Å². The third kappa shape index (κ3) is 3.76. The summed E-state index contributed by atoms with van der Waals surface area (Å²) in [6.45, 7) is 0. The number of alkyl halides is 3. The average molecular weight is 343 g/mol. The van der Waals surface area contributed by atoms with Crippen LogP contribution in [-0.2, 0) is 6.18 Å². The second-order valence-electron chi connectivity index (χ2n) is 4.71. The molecule has 0 aliphatic rings. The monoisotopic (exact) mass is 343 g/mol. The molecule has 0 spiro atoms. The molecule has 0 aliphatic carbocycles. The highest BCUT2D eigenvalue weighted by Crippen LogP contribution is 2.34. The molecule has 0 heterocycles. The number of anilines is 1. The van der Waals surface area contributed by atoms with Gasteiger partial charge >= 0.3 is 6.18 Å². The maximum absolute atomic E-state index is 13.3. The Hall–Kier alpha value is -2.77. The van der Waals surface area contributed by atoms with E-state index in [2.05, 4.69) is 5.32 Å². The quantitative estimate of drug-likeness (QED) is 0.850. The normalized spacial score (nSPS) is 11.1. The molecule has 128 valence electrons. The molecule has 0 saturated heterocycles. The number of halogens is 4. The molecule has 1 amide bonds. The number of rotatable bonds is 4. The molecule has 4 nitrogen and oxygen atoms in total. The Morgan fingerprint density at radius 3 is 2.33 bits per heavy atom. The molecule has 2 rings (SSSR count). The van der Waals surface area contributed by atoms with Crippen LogP contribution in [-0.4, -0.2) is 20.1 Å². The molecule has 24 heavy (non-hydrogen) atoms. The zero-order valence-corrected chi connectivity index (χ0v) is 12.7. The first kappa shape index (κ1) is 17.6. The molecule has 0 unspecified atom stereocenters. The lowest BCUT2D eigenvalue weighted by Gasteiger charge is -2.15. The van der Waals surface area contributed by atoms with Crippen LogP contribution in [0.15, 0.2) is 36.4 Å². The number of methoxy groups -OCH3 is 2. The van der Waals surface area contributed by atoms with Crippen molar-refractivity contribution in [1.29, 1.82) is 0 Å². The summed E-state index contributed by atoms with van der Waals surface area (Å²) in [5, 5.41) is 2.28. The minimum absolute atomic E-state index is 0.0965. The number of carbonyl (C=O) groups excluding carboxylic acids is 1. The van der Waals surface area contributed by atoms with Crippen molar-refractivity contribution in [2.45, 2.75) is 6.18 Å². The summed E-state index contributed by atoms with van der Waals surface area (Å²) in [5.41, 5.74) is -1.96. The molecule has 0 bridgehead atoms. The Kier molecular flexibility index (Phi) is 4.96. The Labute approximate surface area is 135 Å². The van der Waals surface area contributed by atoms with E-state index in [1.54, 1.807) is 6.07 Å². The highest BCUT2D eigenvalue weighted by Gasteiger charge is 2.35. The summed E-state index contributed by atoms with van der Waals surface area (Å²) >= 11 is 0. The Balaban J connectivity index is 2.42. The highest BCUT2D eigenvalue weighted by molar-refractivity contribution is 6.06. The lowest BCUT2D eigenvalue weighted by molar-refractivity contribution is -0.137. The first-order valence-corrected chi connectivity index (χ1v) is 6.66. The number of hydrogen-bond acceptors (Lipinski definition) is 3. The van der Waals surface area contributed by atoms with Crippen molar-refractivity contribution >= 4 is 11.6 Å². The number of hydrogen-bond donors (Lipinski definition) is 1. The summed E-state index contributed by atoms with van der Waals surface area (Å²) < 4.78 is 62.3. The predicted molar refractivity (Wildman–Crippen MR) is 78.9 cm³/mol. The van der Waals surface area contributed by atoms with Gasteiger partial charge in [0.2, 0.25) is 0 Å². The van der Waals surface area contributed by atoms with Crippen LogP contribution in [0.3, 0.4) is 0 Å². The first-order valence-electron chi connectivity index (χ1n) is 6.66. The van der Waals surface area contributed by atoms with E-state index < -0.39 is 29.0 Å². The Morgan fingerprint density at radius 1 is 1.04 bits per heavy atom. The van der Waals surface area contributed by atoms with Crippen LogP contribution >= 0.6 is 0 Å². The van der Waals surface area contributed by atoms with Crippen molar-refractivity contribution in [3.8, 4) is 11.5 Å². The van der Waals surface area contributed by atoms with Gasteiger partial charge in [-0.2, -0.15) is 13.2 Å². The molecular formula is C16H13F4NO3. The number of nitrogens with one attached hydrogen (secondary N) is 1. The van der Waals surface area contributed by atoms with Crippen molar-refractivity contribution in [3.05, 3.63) is 53.3 Å². The van der Waals surface area contributed by atoms with E-state index in [0.717, 1.165) is 0 Å². The van der Waals surface area contributed by atoms with Gasteiger partial charge in [0.15, 0.2) is 0 Å². The number of benzene rings is 2. The summed E-state index contributed by atoms with van der Waals surface area (Å²) in [6, 6.07) is 6.11. The van der Waals surface area contributed by atoms with Crippen LogP contribution in [0.2, 0.25) is 0 Å². The van der Waals surface area contributed by atoms with Gasteiger partial charge in [0.05, 0.1) is 31.0 Å². The number of amides is 1. The Bertz CT molecular complexity index is 759. The van der Waals surface area contributed by atoms with Gasteiger partial charge in [-0.1, -0.05) is 0 Å². The van der Waals surface area contributed by atoms with E-state index in [0.29, 0.717) is 23.9 Å². The maximum Gasteiger partial charge on any atom is 0.417 e. The Morgan fingerprint density at radius 2 is 1.75 bits per heavy atom. The second-order valence-corrected chi connectivity index (χ2v) is 4.71. The van der Waals surface area contributed by atoms with Gasteiger partial charge in [0, 0.05) is 6.07 Å². The van der Waals surface area contributed by atoms with Gasteiger partial charge in [-0.15, -0.1) is 0 Å². The van der Waals surface area contributed by atoms with Crippen molar-refractivity contribution in [1.82, 2.24) is 0 Å². The van der Waals surface area contributed by atoms with Crippen molar-refractivity contribution in [2.24, 2.45) is 0 Å². The molecule has 8 heteroatoms. The zero-order valence-electron chi connectivity index (χ0n) is 12.7. The lowest BCUT2D eigenvalue weighted by Crippen LogP contribution is -2.19. The smallest absolute Gasteiger partial charge is 0.417 e. The van der Waals surface area contributed by atoms with Crippen LogP contribution in [0.5, 0.6) is 11.5 Å². The van der Waals surface area contributed by atoms with Gasteiger partial charge in [-0.3, -0.25) is 4.79 Å². The molecule has 0 saturated carbocycles. The zero-order chi connectivity index (χ0) is 17.9. The molecule has 2 aromatic rings. The second kappa shape index (κ2) is 6.77. The minimum Gasteiger partial charge on any atom is -0.497 e. The average Bonchev–Trinajstić information content (AvgIpc) is 2.53. The van der Waals surface area contributed by atoms with E-state index >= 15 is 0 Å². The minimum atomic E-state index is -4.79. The van der Waals surface area contributed by atoms with Gasteiger partial charge in [-0.05, 0) is 30.3 Å². The molecule has 0 aromatic heterocycles. The fourth-order valence-corrected chi connectivity index (χ4v) is 2.05. The molecule has 0 radical (unpaired) electrons. The summed E-state index contributed by atoms with van der Waals surface area (Å²) in [7, 11) is 2.72. The largest absolute Gasteiger partial charge is 0.497 e. The summed E-state index contributed by atoms with van der Waals surface area (Å²) in [6.07, 6.45) is -4.79. The SMILES string of the molecule is COc1ccc(OC)c(NC(=O)c2cc(F)ccc2C(F)(F)F)c1. The fraction of sp³-hybridized carbons (Fsp3) is 0.188. The predicted octanol–water partition coefficient (Wildman–Crippen LogP) is 4.11. The van der Waals surface area contributed by atoms with Gasteiger partial charge in [0.1, 0.15) is 17.3 Å². The highest BCUT2D eigenvalue weighted by atomic mass is 19.4. The van der Waals surface area contributed by atoms with E-state index in [1.165, 1.54) is 26.4 Å². The topological polar surface area (TPSA) is 47.6 Å². The molecule has 0 fully saturated rings. The molecule has 1 N–H and O–H groups in total. The van der Waals surface area contributed by atoms with E-state index in [4.69, 9.17) is 9.47 Å². The standard InChI is InChI=1S/C16H13F4NO3/c1-23-10-4-6-14(24-2)13(8-10)21-15(22)11-7-9(17)3-5-12(11)16(18,19)20/h3-8H,1-2H3,(H,21,22). The van der Waals surface area contributed by atoms with Crippen molar-refractivity contribution < 1.29 is 31.8 Å². The van der Waals surface area contributed by atoms with Crippen LogP contribution in [0.25, 0.3) is 0 Å². The maximum atomic E-state index is 13.3. The van der Waals surface area contributed by atoms with Crippen LogP contribution in [0, 0.1) is 5.82 Å². The first-order chi connectivity index (χ1) is 11.3. The molecule has 0 aliphatic heterocycles. The number of carbonyl (C=O) groups is 1. The van der Waals surface area contributed by atoms with E-state index in [9.17, 15) is 22.4 Å². The summed E-state index contributed by atoms with van der Waals surface area (Å²) in [5.74, 6) is -1.49. The van der Waals surface area contributed by atoms with Gasteiger partial charge in [0.25, 0.3) is 5.91 Å². The summed E-state index contributed by atoms with van der Waals surface area (Å²) in [4.78, 5) is 12.2. The van der Waals surface area contributed by atoms with E-state index in [1.807, 2.05) is 0 Å². The fourth-order valence-electron chi connectivity index (χ4n) is 2.05. The molecular weight excluding hydrogens is 330 g/mol.